The van der Waals surface area contributed by atoms with Crippen molar-refractivity contribution in [2.45, 2.75) is 0 Å². The Hall–Kier alpha value is -4.50. The molecule has 0 atom stereocenters. The summed E-state index contributed by atoms with van der Waals surface area (Å²) in [5, 5.41) is 0. The molecule has 0 aromatic heterocycles. The monoisotopic (exact) mass is 596 g/mol. The van der Waals surface area contributed by atoms with Crippen LogP contribution in [0.15, 0.2) is 127 Å². The van der Waals surface area contributed by atoms with Gasteiger partial charge in [0, 0.05) is 37.5 Å². The topological polar surface area (TPSA) is 108 Å². The average Bonchev–Trinajstić information content (AvgIpc) is 2.98. The van der Waals surface area contributed by atoms with Crippen LogP contribution in [0.1, 0.15) is 22.3 Å². The summed E-state index contributed by atoms with van der Waals surface area (Å²) in [5.74, 6) is 1.68. The Balaban J connectivity index is 0.000000782. The molecule has 43 heavy (non-hydrogen) atoms. The van der Waals surface area contributed by atoms with Crippen LogP contribution in [0.5, 0.6) is 5.75 Å². The Morgan fingerprint density at radius 1 is 0.744 bits per heavy atom. The van der Waals surface area contributed by atoms with Gasteiger partial charge >= 0.3 is 0 Å². The van der Waals surface area contributed by atoms with Crippen molar-refractivity contribution in [3.8, 4) is 5.75 Å². The highest BCUT2D eigenvalue weighted by Crippen LogP contribution is 2.38. The Kier molecular flexibility index (Phi) is 10.3. The molecule has 0 bridgehead atoms. The van der Waals surface area contributed by atoms with Crippen LogP contribution in [0.2, 0.25) is 0 Å². The first kappa shape index (κ1) is 31.4. The second kappa shape index (κ2) is 14.1. The predicted octanol–water partition coefficient (Wildman–Crippen LogP) is 2.64. The predicted molar refractivity (Wildman–Crippen MR) is 162 cm³/mol. The summed E-state index contributed by atoms with van der Waals surface area (Å²) in [4.78, 5) is 2.11. The third kappa shape index (κ3) is 9.51. The van der Waals surface area contributed by atoms with Crippen molar-refractivity contribution in [3.05, 3.63) is 149 Å². The van der Waals surface area contributed by atoms with E-state index < -0.39 is 10.2 Å². The first-order valence-electron chi connectivity index (χ1n) is 13.5. The van der Waals surface area contributed by atoms with E-state index in [1.807, 2.05) is 26.2 Å². The second-order valence-corrected chi connectivity index (χ2v) is 11.0. The molecule has 8 heteroatoms. The van der Waals surface area contributed by atoms with Crippen LogP contribution in [-0.2, 0) is 0 Å². The van der Waals surface area contributed by atoms with E-state index in [-0.39, 0.29) is 0 Å². The van der Waals surface area contributed by atoms with E-state index in [9.17, 15) is 0 Å². The van der Waals surface area contributed by atoms with Gasteiger partial charge in [-0.25, -0.2) is 23.2 Å². The maximum Gasteiger partial charge on any atom is 0.199 e. The zero-order valence-corrected chi connectivity index (χ0v) is 25.2. The Morgan fingerprint density at radius 3 is 1.95 bits per heavy atom. The number of allylic oxidation sites excluding steroid dienone is 8. The third-order valence-corrected chi connectivity index (χ3v) is 6.62. The highest BCUT2D eigenvalue weighted by atomic mass is 35.7. The van der Waals surface area contributed by atoms with Crippen molar-refractivity contribution in [2.75, 3.05) is 33.1 Å². The van der Waals surface area contributed by atoms with E-state index in [4.69, 9.17) is 23.4 Å². The first-order valence-corrected chi connectivity index (χ1v) is 14.7. The van der Waals surface area contributed by atoms with E-state index in [0.29, 0.717) is 0 Å². The van der Waals surface area contributed by atoms with Gasteiger partial charge in [0.2, 0.25) is 0 Å². The van der Waals surface area contributed by atoms with Gasteiger partial charge in [0.15, 0.2) is 5.71 Å². The fraction of sp³-hybridized carbons (Fsp3) is 0.114. The Labute approximate surface area is 254 Å². The zero-order valence-electron chi connectivity index (χ0n) is 24.4. The molecular weight excluding hydrogens is 564 g/mol. The molecule has 1 aliphatic carbocycles. The lowest BCUT2D eigenvalue weighted by Crippen LogP contribution is -2.68. The summed E-state index contributed by atoms with van der Waals surface area (Å²) in [7, 11) is 3.26. The van der Waals surface area contributed by atoms with E-state index in [0.717, 1.165) is 33.8 Å². The number of halogens is 1. The quantitative estimate of drug-likeness (QED) is 0.331. The Bertz CT molecular complexity index is 1630. The zero-order chi connectivity index (χ0) is 31.0. The fourth-order valence-electron chi connectivity index (χ4n) is 4.40. The summed E-state index contributed by atoms with van der Waals surface area (Å²) in [6, 6.07) is 25.5. The third-order valence-electron chi connectivity index (χ3n) is 6.62. The van der Waals surface area contributed by atoms with E-state index in [1.54, 1.807) is 0 Å². The lowest BCUT2D eigenvalue weighted by Gasteiger charge is -2.21. The number of rotatable bonds is 5. The minimum absolute atomic E-state index is 0.817. The molecule has 220 valence electrons. The van der Waals surface area contributed by atoms with Crippen molar-refractivity contribution in [3.63, 3.8) is 0 Å². The number of hydrogen-bond acceptors (Lipinski definition) is 6. The van der Waals surface area contributed by atoms with Gasteiger partial charge in [0.25, 0.3) is 0 Å². The second-order valence-electron chi connectivity index (χ2n) is 10.2. The molecule has 0 amide bonds. The number of hydrogen-bond donors (Lipinski definition) is 0. The molecule has 5 rings (SSSR count). The molecule has 0 saturated carbocycles. The van der Waals surface area contributed by atoms with Crippen LogP contribution in [-0.4, -0.2) is 38.5 Å². The molecule has 0 spiro atoms. The molecule has 3 aromatic carbocycles. The maximum absolute atomic E-state index is 8.49. The maximum atomic E-state index is 8.49. The van der Waals surface area contributed by atoms with Crippen molar-refractivity contribution < 1.29 is 38.2 Å². The van der Waals surface area contributed by atoms with Crippen LogP contribution in [0.25, 0.3) is 17.7 Å². The molecule has 0 N–H and O–H groups in total. The minimum Gasteiger partial charge on any atom is -0.457 e. The number of fused-ring (bicyclic) bond motifs is 1. The van der Waals surface area contributed by atoms with Crippen molar-refractivity contribution in [1.29, 1.82) is 0 Å². The summed E-state index contributed by atoms with van der Waals surface area (Å²) in [6.07, 6.45) is 19.1. The number of benzene rings is 3. The first-order chi connectivity index (χ1) is 20.5. The molecule has 2 aliphatic rings. The van der Waals surface area contributed by atoms with Crippen LogP contribution >= 0.6 is 0 Å². The largest absolute Gasteiger partial charge is 0.457 e. The van der Waals surface area contributed by atoms with Gasteiger partial charge in [-0.15, -0.1) is 10.2 Å². The molecule has 1 heterocycles. The van der Waals surface area contributed by atoms with Crippen molar-refractivity contribution >= 4 is 29.1 Å². The van der Waals surface area contributed by atoms with Gasteiger partial charge in [-0.2, -0.15) is 0 Å². The number of anilines is 1. The lowest BCUT2D eigenvalue weighted by molar-refractivity contribution is -2.00. The van der Waals surface area contributed by atoms with Gasteiger partial charge in [-0.1, -0.05) is 66.8 Å². The summed E-state index contributed by atoms with van der Waals surface area (Å²) in [5.41, 5.74) is 9.21. The van der Waals surface area contributed by atoms with Crippen LogP contribution in [0.4, 0.5) is 5.69 Å². The Morgan fingerprint density at radius 2 is 1.35 bits per heavy atom. The van der Waals surface area contributed by atoms with E-state index in [1.165, 1.54) is 22.5 Å². The molecule has 0 saturated heterocycles. The van der Waals surface area contributed by atoms with Crippen LogP contribution < -0.4 is 28.3 Å². The molecule has 0 unspecified atom stereocenters. The normalized spacial score (nSPS) is 15.0. The SMILES string of the molecule is CN(C)c1ccc(C=Cc2ccc3c(c2)C(c2ccccc2)=CC(=CC=C2C=CC(=[N+](C)C)C=C2)O3)cc1.[O-][Cl+3]([O-])([O-])[O-]. The van der Waals surface area contributed by atoms with Crippen LogP contribution in [0.3, 0.4) is 0 Å². The van der Waals surface area contributed by atoms with Gasteiger partial charge in [-0.3, -0.25) is 0 Å². The molecule has 7 nitrogen and oxygen atoms in total. The van der Waals surface area contributed by atoms with Crippen molar-refractivity contribution in [2.24, 2.45) is 0 Å². The molecule has 3 aromatic rings. The number of nitrogens with zero attached hydrogens (tertiary/aromatic N) is 2. The number of ether oxygens (including phenoxy) is 1. The highest BCUT2D eigenvalue weighted by molar-refractivity contribution is 6.02. The minimum atomic E-state index is -4.94. The molecule has 0 fully saturated rings. The average molecular weight is 597 g/mol. The van der Waals surface area contributed by atoms with Crippen molar-refractivity contribution in [1.82, 2.24) is 0 Å². The van der Waals surface area contributed by atoms with Crippen LogP contribution in [0, 0.1) is 10.2 Å². The van der Waals surface area contributed by atoms with Gasteiger partial charge in [0.05, 0.1) is 0 Å². The van der Waals surface area contributed by atoms with Gasteiger partial charge in [-0.05, 0) is 76.4 Å². The smallest absolute Gasteiger partial charge is 0.199 e. The molecule has 0 radical (unpaired) electrons. The van der Waals surface area contributed by atoms with Gasteiger partial charge in [0.1, 0.15) is 25.6 Å². The lowest BCUT2D eigenvalue weighted by atomic mass is 9.93. The molecule has 1 aliphatic heterocycles. The summed E-state index contributed by atoms with van der Waals surface area (Å²) in [6.45, 7) is 0. The van der Waals surface area contributed by atoms with Gasteiger partial charge < -0.3 is 9.64 Å². The summed E-state index contributed by atoms with van der Waals surface area (Å²) < 4.78 is 42.4. The fourth-order valence-corrected chi connectivity index (χ4v) is 4.40. The van der Waals surface area contributed by atoms with E-state index in [2.05, 4.69) is 139 Å². The standard InChI is InChI=1S/C35H33N2O.ClHO4/c1-36(2)30-18-12-26(13-19-30)10-11-28-17-23-35-34(24-28)33(29-8-6-5-7-9-29)25-32(38-35)22-16-27-14-20-31(21-15-27)37(3)4;2-1(3,4)5/h5-25H,1-4H3;(H,2,3,4,5)/q+1;/p-1. The summed E-state index contributed by atoms with van der Waals surface area (Å²) >= 11 is 0. The highest BCUT2D eigenvalue weighted by Gasteiger charge is 2.18. The van der Waals surface area contributed by atoms with E-state index >= 15 is 0 Å². The molecular formula is C35H33ClN2O5.